The SMILES string of the molecule is C#CC(=O)C(C)(C)CN. The smallest absolute Gasteiger partial charge is 0.212 e. The number of Topliss-reactive ketones (excluding diaryl/α,β-unsaturated/α-hetero) is 1. The molecule has 0 spiro atoms. The molecule has 0 aromatic rings. The Labute approximate surface area is 55.4 Å². The molecule has 0 unspecified atom stereocenters. The number of hydrogen-bond acceptors (Lipinski definition) is 2. The summed E-state index contributed by atoms with van der Waals surface area (Å²) in [4.78, 5) is 10.7. The van der Waals surface area contributed by atoms with Gasteiger partial charge >= 0.3 is 0 Å². The second-order valence-electron chi connectivity index (χ2n) is 2.56. The van der Waals surface area contributed by atoms with E-state index in [0.29, 0.717) is 6.54 Å². The van der Waals surface area contributed by atoms with E-state index in [4.69, 9.17) is 12.2 Å². The molecule has 0 heterocycles. The van der Waals surface area contributed by atoms with E-state index in [1.165, 1.54) is 0 Å². The number of carbonyl (C=O) groups excluding carboxylic acids is 1. The lowest BCUT2D eigenvalue weighted by Gasteiger charge is -2.15. The van der Waals surface area contributed by atoms with Gasteiger partial charge in [0.25, 0.3) is 0 Å². The van der Waals surface area contributed by atoms with Crippen molar-refractivity contribution in [2.45, 2.75) is 13.8 Å². The van der Waals surface area contributed by atoms with Crippen molar-refractivity contribution in [2.24, 2.45) is 11.1 Å². The van der Waals surface area contributed by atoms with E-state index in [2.05, 4.69) is 0 Å². The number of nitrogens with two attached hydrogens (primary N) is 1. The van der Waals surface area contributed by atoms with Crippen LogP contribution in [0.25, 0.3) is 0 Å². The Morgan fingerprint density at radius 1 is 1.78 bits per heavy atom. The Kier molecular flexibility index (Phi) is 2.41. The first-order valence-electron chi connectivity index (χ1n) is 2.75. The van der Waals surface area contributed by atoms with E-state index in [0.717, 1.165) is 0 Å². The van der Waals surface area contributed by atoms with Crippen molar-refractivity contribution in [3.63, 3.8) is 0 Å². The molecule has 0 atom stereocenters. The summed E-state index contributed by atoms with van der Waals surface area (Å²) in [6, 6.07) is 0. The van der Waals surface area contributed by atoms with Crippen molar-refractivity contribution in [1.29, 1.82) is 0 Å². The second kappa shape index (κ2) is 2.65. The Morgan fingerprint density at radius 2 is 2.22 bits per heavy atom. The lowest BCUT2D eigenvalue weighted by Crippen LogP contribution is -2.31. The number of hydrogen-bond donors (Lipinski definition) is 1. The van der Waals surface area contributed by atoms with Gasteiger partial charge in [0.05, 0.1) is 0 Å². The molecule has 2 heteroatoms. The van der Waals surface area contributed by atoms with Gasteiger partial charge in [0, 0.05) is 12.0 Å². The van der Waals surface area contributed by atoms with Crippen LogP contribution in [0.4, 0.5) is 0 Å². The topological polar surface area (TPSA) is 43.1 Å². The van der Waals surface area contributed by atoms with E-state index < -0.39 is 5.41 Å². The van der Waals surface area contributed by atoms with E-state index in [1.807, 2.05) is 5.92 Å². The number of terminal acetylenes is 1. The van der Waals surface area contributed by atoms with Crippen LogP contribution in [0.15, 0.2) is 0 Å². The summed E-state index contributed by atoms with van der Waals surface area (Å²) in [7, 11) is 0. The van der Waals surface area contributed by atoms with Gasteiger partial charge in [-0.3, -0.25) is 4.79 Å². The lowest BCUT2D eigenvalue weighted by atomic mass is 9.89. The van der Waals surface area contributed by atoms with E-state index >= 15 is 0 Å². The van der Waals surface area contributed by atoms with Crippen molar-refractivity contribution in [2.75, 3.05) is 6.54 Å². The Balaban J connectivity index is 4.19. The fraction of sp³-hybridized carbons (Fsp3) is 0.571. The highest BCUT2D eigenvalue weighted by atomic mass is 16.1. The maximum absolute atomic E-state index is 10.7. The highest BCUT2D eigenvalue weighted by Crippen LogP contribution is 2.12. The largest absolute Gasteiger partial charge is 0.329 e. The molecule has 0 radical (unpaired) electrons. The predicted molar refractivity (Wildman–Crippen MR) is 36.7 cm³/mol. The molecular formula is C7H11NO. The summed E-state index contributed by atoms with van der Waals surface area (Å²) in [6.07, 6.45) is 4.88. The minimum Gasteiger partial charge on any atom is -0.329 e. The van der Waals surface area contributed by atoms with Crippen molar-refractivity contribution in [3.05, 3.63) is 0 Å². The first-order chi connectivity index (χ1) is 4.04. The predicted octanol–water partition coefficient (Wildman–Crippen LogP) is 0.174. The van der Waals surface area contributed by atoms with Gasteiger partial charge in [-0.25, -0.2) is 0 Å². The number of carbonyl (C=O) groups is 1. The lowest BCUT2D eigenvalue weighted by molar-refractivity contribution is -0.120. The Hall–Kier alpha value is -0.810. The molecule has 0 aliphatic rings. The van der Waals surface area contributed by atoms with Gasteiger partial charge in [0.2, 0.25) is 5.78 Å². The molecule has 0 amide bonds. The highest BCUT2D eigenvalue weighted by Gasteiger charge is 2.23. The first kappa shape index (κ1) is 8.19. The summed E-state index contributed by atoms with van der Waals surface area (Å²) in [6.45, 7) is 3.76. The fourth-order valence-corrected chi connectivity index (χ4v) is 0.288. The standard InChI is InChI=1S/C7H11NO/c1-4-6(9)7(2,3)5-8/h1H,5,8H2,2-3H3. The molecule has 0 aromatic carbocycles. The van der Waals surface area contributed by atoms with Crippen molar-refractivity contribution in [1.82, 2.24) is 0 Å². The maximum atomic E-state index is 10.7. The average Bonchev–Trinajstić information content (AvgIpc) is 1.86. The highest BCUT2D eigenvalue weighted by molar-refractivity contribution is 5.99. The van der Waals surface area contributed by atoms with Gasteiger partial charge in [-0.2, -0.15) is 0 Å². The first-order valence-corrected chi connectivity index (χ1v) is 2.75. The molecule has 0 saturated heterocycles. The monoisotopic (exact) mass is 125 g/mol. The Morgan fingerprint density at radius 3 is 2.33 bits per heavy atom. The molecule has 0 aliphatic heterocycles. The second-order valence-corrected chi connectivity index (χ2v) is 2.56. The third-order valence-corrected chi connectivity index (χ3v) is 1.26. The van der Waals surface area contributed by atoms with Crippen LogP contribution in [0, 0.1) is 17.8 Å². The molecule has 50 valence electrons. The molecule has 0 saturated carbocycles. The summed E-state index contributed by atoms with van der Waals surface area (Å²) in [5, 5.41) is 0. The van der Waals surface area contributed by atoms with Crippen LogP contribution in [-0.2, 0) is 4.79 Å². The third-order valence-electron chi connectivity index (χ3n) is 1.26. The zero-order valence-corrected chi connectivity index (χ0v) is 5.77. The molecule has 0 rings (SSSR count). The summed E-state index contributed by atoms with van der Waals surface area (Å²) in [5.41, 5.74) is 4.72. The summed E-state index contributed by atoms with van der Waals surface area (Å²) in [5.74, 6) is 1.81. The molecule has 2 N–H and O–H groups in total. The van der Waals surface area contributed by atoms with E-state index in [-0.39, 0.29) is 5.78 Å². The normalized spacial score (nSPS) is 10.4. The van der Waals surface area contributed by atoms with E-state index in [1.54, 1.807) is 13.8 Å². The zero-order valence-electron chi connectivity index (χ0n) is 5.77. The minimum absolute atomic E-state index is 0.231. The van der Waals surface area contributed by atoms with Gasteiger partial charge < -0.3 is 5.73 Å². The third kappa shape index (κ3) is 1.87. The van der Waals surface area contributed by atoms with Crippen LogP contribution in [0.3, 0.4) is 0 Å². The van der Waals surface area contributed by atoms with Gasteiger partial charge in [0.1, 0.15) is 0 Å². The Bertz CT molecular complexity index is 153. The molecule has 9 heavy (non-hydrogen) atoms. The van der Waals surface area contributed by atoms with Crippen LogP contribution in [-0.4, -0.2) is 12.3 Å². The van der Waals surface area contributed by atoms with Gasteiger partial charge in [-0.15, -0.1) is 6.42 Å². The minimum atomic E-state index is -0.547. The molecule has 0 aromatic heterocycles. The van der Waals surface area contributed by atoms with E-state index in [9.17, 15) is 4.79 Å². The number of rotatable bonds is 2. The zero-order chi connectivity index (χ0) is 7.49. The number of ketones is 1. The summed E-state index contributed by atoms with van der Waals surface area (Å²) >= 11 is 0. The van der Waals surface area contributed by atoms with Gasteiger partial charge in [-0.1, -0.05) is 13.8 Å². The fourth-order valence-electron chi connectivity index (χ4n) is 0.288. The molecule has 0 bridgehead atoms. The molecular weight excluding hydrogens is 114 g/mol. The van der Waals surface area contributed by atoms with Crippen molar-refractivity contribution in [3.8, 4) is 12.3 Å². The van der Waals surface area contributed by atoms with Crippen molar-refractivity contribution >= 4 is 5.78 Å². The van der Waals surface area contributed by atoms with Crippen LogP contribution in [0.2, 0.25) is 0 Å². The maximum Gasteiger partial charge on any atom is 0.212 e. The van der Waals surface area contributed by atoms with Gasteiger partial charge in [0.15, 0.2) is 0 Å². The van der Waals surface area contributed by atoms with Crippen molar-refractivity contribution < 1.29 is 4.79 Å². The van der Waals surface area contributed by atoms with Crippen LogP contribution in [0.1, 0.15) is 13.8 Å². The average molecular weight is 125 g/mol. The molecule has 0 aliphatic carbocycles. The molecule has 2 nitrogen and oxygen atoms in total. The quantitative estimate of drug-likeness (QED) is 0.422. The van der Waals surface area contributed by atoms with Crippen LogP contribution < -0.4 is 5.73 Å². The summed E-state index contributed by atoms with van der Waals surface area (Å²) < 4.78 is 0. The van der Waals surface area contributed by atoms with Crippen LogP contribution >= 0.6 is 0 Å². The molecule has 0 fully saturated rings. The van der Waals surface area contributed by atoms with Crippen LogP contribution in [0.5, 0.6) is 0 Å². The van der Waals surface area contributed by atoms with Gasteiger partial charge in [-0.05, 0) is 5.92 Å².